The van der Waals surface area contributed by atoms with Gasteiger partial charge in [0.05, 0.1) is 0 Å². The quantitative estimate of drug-likeness (QED) is 0.340. The summed E-state index contributed by atoms with van der Waals surface area (Å²) in [6.07, 6.45) is 3.70. The highest BCUT2D eigenvalue weighted by Gasteiger charge is 2.22. The molecule has 16 heavy (non-hydrogen) atoms. The molecule has 0 saturated carbocycles. The minimum Gasteiger partial charge on any atom is -0.376 e. The molecule has 0 aliphatic carbocycles. The summed E-state index contributed by atoms with van der Waals surface area (Å²) < 4.78 is 15.9. The molecule has 4 nitrogen and oxygen atoms in total. The van der Waals surface area contributed by atoms with Crippen molar-refractivity contribution < 1.29 is 13.9 Å². The van der Waals surface area contributed by atoms with Crippen molar-refractivity contribution in [3.63, 3.8) is 0 Å². The molecule has 0 aromatic heterocycles. The van der Waals surface area contributed by atoms with E-state index in [1.54, 1.807) is 21.1 Å². The molecule has 0 bridgehead atoms. The van der Waals surface area contributed by atoms with Crippen molar-refractivity contribution in [2.75, 3.05) is 27.3 Å². The van der Waals surface area contributed by atoms with Crippen molar-refractivity contribution in [2.45, 2.75) is 45.1 Å². The van der Waals surface area contributed by atoms with Crippen molar-refractivity contribution in [3.05, 3.63) is 0 Å². The maximum atomic E-state index is 5.62. The Labute approximate surface area is 102 Å². The Bertz CT molecular complexity index is 154. The van der Waals surface area contributed by atoms with E-state index in [1.807, 2.05) is 0 Å². The van der Waals surface area contributed by atoms with Crippen LogP contribution in [0.3, 0.4) is 0 Å². The molecule has 0 rings (SSSR count). The summed E-state index contributed by atoms with van der Waals surface area (Å²) in [4.78, 5) is 0. The van der Waals surface area contributed by atoms with E-state index in [2.05, 4.69) is 12.2 Å². The fourth-order valence-electron chi connectivity index (χ4n) is 1.24. The Balaban J connectivity index is 3.26. The van der Waals surface area contributed by atoms with E-state index in [9.17, 15) is 0 Å². The Kier molecular flexibility index (Phi) is 10.3. The van der Waals surface area contributed by atoms with Gasteiger partial charge in [-0.2, -0.15) is 0 Å². The fourth-order valence-corrected chi connectivity index (χ4v) is 2.44. The zero-order chi connectivity index (χ0) is 12.3. The van der Waals surface area contributed by atoms with Gasteiger partial charge in [-0.15, -0.1) is 0 Å². The predicted octanol–water partition coefficient (Wildman–Crippen LogP) is 1.25. The zero-order valence-electron chi connectivity index (χ0n) is 11.2. The van der Waals surface area contributed by atoms with Crippen LogP contribution in [0.4, 0.5) is 0 Å². The molecular formula is C11H27NO3Si. The maximum absolute atomic E-state index is 5.62. The number of rotatable bonds is 11. The van der Waals surface area contributed by atoms with Crippen LogP contribution >= 0.6 is 0 Å². The molecule has 0 saturated heterocycles. The van der Waals surface area contributed by atoms with Crippen LogP contribution in [-0.2, 0) is 13.9 Å². The highest BCUT2D eigenvalue weighted by molar-refractivity contribution is 6.27. The standard InChI is InChI=1S/C11H27NO3Si/c1-5-6-8-12-9-7-10-16-15-11(2,13-3)14-4/h12H,5-10,16H2,1-4H3. The molecule has 0 heterocycles. The summed E-state index contributed by atoms with van der Waals surface area (Å²) >= 11 is 0. The van der Waals surface area contributed by atoms with Gasteiger partial charge in [0.15, 0.2) is 9.76 Å². The number of unbranched alkanes of at least 4 members (excludes halogenated alkanes) is 1. The number of nitrogens with one attached hydrogen (secondary N) is 1. The Morgan fingerprint density at radius 1 is 1.12 bits per heavy atom. The first-order chi connectivity index (χ1) is 7.68. The van der Waals surface area contributed by atoms with Crippen LogP contribution in [0.15, 0.2) is 0 Å². The summed E-state index contributed by atoms with van der Waals surface area (Å²) in [5.41, 5.74) is 0. The molecule has 0 aromatic carbocycles. The molecule has 0 radical (unpaired) electrons. The molecule has 0 aliphatic heterocycles. The zero-order valence-corrected chi connectivity index (χ0v) is 12.6. The third-order valence-corrected chi connectivity index (χ3v) is 4.08. The van der Waals surface area contributed by atoms with Crippen LogP contribution < -0.4 is 5.32 Å². The first kappa shape index (κ1) is 16.1. The number of methoxy groups -OCH3 is 2. The van der Waals surface area contributed by atoms with E-state index in [0.29, 0.717) is 0 Å². The van der Waals surface area contributed by atoms with Gasteiger partial charge in [0.25, 0.3) is 5.97 Å². The van der Waals surface area contributed by atoms with Gasteiger partial charge in [-0.05, 0) is 32.0 Å². The Hall–Kier alpha value is 0.0569. The van der Waals surface area contributed by atoms with Crippen LogP contribution in [-0.4, -0.2) is 43.0 Å². The molecule has 0 aromatic rings. The highest BCUT2D eigenvalue weighted by Crippen LogP contribution is 2.11. The SMILES string of the molecule is CCCCNCCC[SiH2]OC(C)(OC)OC. The van der Waals surface area contributed by atoms with Crippen LogP contribution in [0, 0.1) is 0 Å². The van der Waals surface area contributed by atoms with Crippen LogP contribution in [0.1, 0.15) is 33.1 Å². The van der Waals surface area contributed by atoms with Gasteiger partial charge in [0.2, 0.25) is 0 Å². The second-order valence-electron chi connectivity index (χ2n) is 3.93. The lowest BCUT2D eigenvalue weighted by Gasteiger charge is -2.26. The topological polar surface area (TPSA) is 39.7 Å². The van der Waals surface area contributed by atoms with E-state index < -0.39 is 15.7 Å². The van der Waals surface area contributed by atoms with Gasteiger partial charge in [-0.1, -0.05) is 13.3 Å². The third-order valence-electron chi connectivity index (χ3n) is 2.56. The summed E-state index contributed by atoms with van der Waals surface area (Å²) in [7, 11) is 2.66. The number of ether oxygens (including phenoxy) is 2. The van der Waals surface area contributed by atoms with Gasteiger partial charge in [0.1, 0.15) is 0 Å². The number of hydrogen-bond acceptors (Lipinski definition) is 4. The lowest BCUT2D eigenvalue weighted by molar-refractivity contribution is -0.310. The lowest BCUT2D eigenvalue weighted by Crippen LogP contribution is -2.34. The summed E-state index contributed by atoms with van der Waals surface area (Å²) in [6.45, 7) is 6.23. The molecule has 0 spiro atoms. The van der Waals surface area contributed by atoms with Gasteiger partial charge in [-0.25, -0.2) is 0 Å². The van der Waals surface area contributed by atoms with Gasteiger partial charge >= 0.3 is 0 Å². The van der Waals surface area contributed by atoms with E-state index >= 15 is 0 Å². The van der Waals surface area contributed by atoms with Crippen molar-refractivity contribution in [1.82, 2.24) is 5.32 Å². The molecular weight excluding hydrogens is 222 g/mol. The second-order valence-corrected chi connectivity index (χ2v) is 5.33. The third kappa shape index (κ3) is 8.24. The first-order valence-corrected chi connectivity index (χ1v) is 7.71. The minimum absolute atomic E-state index is 0.544. The second kappa shape index (κ2) is 10.2. The van der Waals surface area contributed by atoms with E-state index in [0.717, 1.165) is 19.1 Å². The van der Waals surface area contributed by atoms with Gasteiger partial charge in [-0.3, -0.25) is 0 Å². The van der Waals surface area contributed by atoms with Crippen LogP contribution in [0.25, 0.3) is 0 Å². The molecule has 0 unspecified atom stereocenters. The first-order valence-electron chi connectivity index (χ1n) is 6.13. The van der Waals surface area contributed by atoms with Gasteiger partial charge < -0.3 is 19.2 Å². The molecule has 0 fully saturated rings. The molecule has 0 aliphatic rings. The van der Waals surface area contributed by atoms with E-state index in [1.165, 1.54) is 19.3 Å². The molecule has 5 heteroatoms. The van der Waals surface area contributed by atoms with Crippen LogP contribution in [0.2, 0.25) is 6.04 Å². The summed E-state index contributed by atoms with van der Waals surface area (Å²) in [5, 5.41) is 3.42. The van der Waals surface area contributed by atoms with Crippen molar-refractivity contribution in [1.29, 1.82) is 0 Å². The van der Waals surface area contributed by atoms with E-state index in [-0.39, 0.29) is 0 Å². The van der Waals surface area contributed by atoms with Crippen molar-refractivity contribution in [3.8, 4) is 0 Å². The van der Waals surface area contributed by atoms with Crippen molar-refractivity contribution >= 4 is 9.76 Å². The fraction of sp³-hybridized carbons (Fsp3) is 1.00. The molecule has 0 atom stereocenters. The smallest absolute Gasteiger partial charge is 0.269 e. The predicted molar refractivity (Wildman–Crippen MR) is 69.3 cm³/mol. The van der Waals surface area contributed by atoms with Crippen molar-refractivity contribution in [2.24, 2.45) is 0 Å². The minimum atomic E-state index is -0.831. The summed E-state index contributed by atoms with van der Waals surface area (Å²) in [5.74, 6) is -0.831. The number of hydrogen-bond donors (Lipinski definition) is 1. The highest BCUT2D eigenvalue weighted by atomic mass is 28.2. The average molecular weight is 249 g/mol. The monoisotopic (exact) mass is 249 g/mol. The van der Waals surface area contributed by atoms with Crippen LogP contribution in [0.5, 0.6) is 0 Å². The van der Waals surface area contributed by atoms with E-state index in [4.69, 9.17) is 13.9 Å². The average Bonchev–Trinajstić information content (AvgIpc) is 2.32. The molecule has 1 N–H and O–H groups in total. The lowest BCUT2D eigenvalue weighted by atomic mass is 10.3. The van der Waals surface area contributed by atoms with Gasteiger partial charge in [0, 0.05) is 21.1 Å². The molecule has 0 amide bonds. The Morgan fingerprint density at radius 2 is 1.75 bits per heavy atom. The molecule has 98 valence electrons. The largest absolute Gasteiger partial charge is 0.376 e. The Morgan fingerprint density at radius 3 is 2.31 bits per heavy atom. The normalized spacial score (nSPS) is 12.8. The maximum Gasteiger partial charge on any atom is 0.269 e. The summed E-state index contributed by atoms with van der Waals surface area (Å²) in [6, 6.07) is 1.15.